The highest BCUT2D eigenvalue weighted by atomic mass is 16.6. The lowest BCUT2D eigenvalue weighted by molar-refractivity contribution is 0.0792. The Morgan fingerprint density at radius 3 is 2.52 bits per heavy atom. The highest BCUT2D eigenvalue weighted by Crippen LogP contribution is 2.37. The zero-order valence-electron chi connectivity index (χ0n) is 14.4. The van der Waals surface area contributed by atoms with Crippen molar-refractivity contribution in [3.05, 3.63) is 65.7 Å². The molecule has 0 unspecified atom stereocenters. The topological polar surface area (TPSA) is 41.6 Å². The molecule has 130 valence electrons. The SMILES string of the molecule is O=C(OCc1ccccc1)N1CCC2(CCc3ccccc3N2)CC1. The molecule has 4 nitrogen and oxygen atoms in total. The van der Waals surface area contributed by atoms with Gasteiger partial charge in [-0.15, -0.1) is 0 Å². The van der Waals surface area contributed by atoms with E-state index in [-0.39, 0.29) is 11.6 Å². The predicted molar refractivity (Wildman–Crippen MR) is 98.6 cm³/mol. The van der Waals surface area contributed by atoms with Gasteiger partial charge < -0.3 is 15.0 Å². The highest BCUT2D eigenvalue weighted by Gasteiger charge is 2.38. The van der Waals surface area contributed by atoms with E-state index < -0.39 is 0 Å². The first-order valence-electron chi connectivity index (χ1n) is 9.06. The van der Waals surface area contributed by atoms with E-state index in [9.17, 15) is 4.79 Å². The molecule has 2 aromatic rings. The van der Waals surface area contributed by atoms with Crippen molar-refractivity contribution in [2.24, 2.45) is 0 Å². The molecule has 2 heterocycles. The van der Waals surface area contributed by atoms with Crippen LogP contribution in [0, 0.1) is 0 Å². The Morgan fingerprint density at radius 1 is 1.00 bits per heavy atom. The van der Waals surface area contributed by atoms with E-state index >= 15 is 0 Å². The van der Waals surface area contributed by atoms with E-state index in [2.05, 4.69) is 29.6 Å². The minimum absolute atomic E-state index is 0.130. The van der Waals surface area contributed by atoms with Crippen LogP contribution in [-0.4, -0.2) is 29.6 Å². The molecule has 1 fully saturated rings. The van der Waals surface area contributed by atoms with Gasteiger partial charge in [-0.3, -0.25) is 0 Å². The molecule has 0 aliphatic carbocycles. The zero-order valence-corrected chi connectivity index (χ0v) is 14.4. The Kier molecular flexibility index (Phi) is 4.35. The number of rotatable bonds is 2. The molecule has 0 aromatic heterocycles. The minimum Gasteiger partial charge on any atom is -0.445 e. The third kappa shape index (κ3) is 3.48. The van der Waals surface area contributed by atoms with Crippen LogP contribution in [0.15, 0.2) is 54.6 Å². The van der Waals surface area contributed by atoms with Gasteiger partial charge in [0.1, 0.15) is 6.61 Å². The summed E-state index contributed by atoms with van der Waals surface area (Å²) in [5.74, 6) is 0. The van der Waals surface area contributed by atoms with E-state index in [1.807, 2.05) is 35.2 Å². The summed E-state index contributed by atoms with van der Waals surface area (Å²) in [7, 11) is 0. The lowest BCUT2D eigenvalue weighted by atomic mass is 9.79. The van der Waals surface area contributed by atoms with Gasteiger partial charge in [-0.2, -0.15) is 0 Å². The number of amides is 1. The van der Waals surface area contributed by atoms with Crippen LogP contribution in [0.25, 0.3) is 0 Å². The number of hydrogen-bond acceptors (Lipinski definition) is 3. The second kappa shape index (κ2) is 6.79. The van der Waals surface area contributed by atoms with Gasteiger partial charge in [-0.05, 0) is 42.9 Å². The fourth-order valence-corrected chi connectivity index (χ4v) is 3.89. The van der Waals surface area contributed by atoms with E-state index in [1.165, 1.54) is 11.3 Å². The molecule has 1 spiro atoms. The van der Waals surface area contributed by atoms with Crippen LogP contribution in [0.2, 0.25) is 0 Å². The maximum Gasteiger partial charge on any atom is 0.410 e. The van der Waals surface area contributed by atoms with Gasteiger partial charge in [0, 0.05) is 24.3 Å². The lowest BCUT2D eigenvalue weighted by Gasteiger charge is -2.45. The van der Waals surface area contributed by atoms with Gasteiger partial charge in [0.15, 0.2) is 0 Å². The van der Waals surface area contributed by atoms with Crippen molar-refractivity contribution in [1.29, 1.82) is 0 Å². The molecular weight excluding hydrogens is 312 g/mol. The molecule has 2 aliphatic rings. The van der Waals surface area contributed by atoms with Gasteiger partial charge in [0.2, 0.25) is 0 Å². The lowest BCUT2D eigenvalue weighted by Crippen LogP contribution is -2.52. The van der Waals surface area contributed by atoms with E-state index in [0.29, 0.717) is 6.61 Å². The number of aryl methyl sites for hydroxylation is 1. The van der Waals surface area contributed by atoms with Gasteiger partial charge in [-0.1, -0.05) is 48.5 Å². The van der Waals surface area contributed by atoms with Crippen molar-refractivity contribution >= 4 is 11.8 Å². The molecule has 0 saturated carbocycles. The number of fused-ring (bicyclic) bond motifs is 1. The average Bonchev–Trinajstić information content (AvgIpc) is 2.67. The van der Waals surface area contributed by atoms with E-state index in [0.717, 1.165) is 44.3 Å². The van der Waals surface area contributed by atoms with Crippen molar-refractivity contribution in [3.63, 3.8) is 0 Å². The molecule has 1 saturated heterocycles. The maximum atomic E-state index is 12.3. The Hall–Kier alpha value is -2.49. The monoisotopic (exact) mass is 336 g/mol. The number of nitrogens with one attached hydrogen (secondary N) is 1. The zero-order chi connectivity index (χ0) is 17.1. The highest BCUT2D eigenvalue weighted by molar-refractivity contribution is 5.68. The molecule has 2 aliphatic heterocycles. The van der Waals surface area contributed by atoms with Gasteiger partial charge >= 0.3 is 6.09 Å². The number of likely N-dealkylation sites (tertiary alicyclic amines) is 1. The van der Waals surface area contributed by atoms with Crippen LogP contribution in [0.1, 0.15) is 30.4 Å². The van der Waals surface area contributed by atoms with Crippen molar-refractivity contribution in [2.45, 2.75) is 37.8 Å². The smallest absolute Gasteiger partial charge is 0.410 e. The number of carbonyl (C=O) groups is 1. The molecule has 2 aromatic carbocycles. The molecule has 1 amide bonds. The fourth-order valence-electron chi connectivity index (χ4n) is 3.89. The summed E-state index contributed by atoms with van der Waals surface area (Å²) in [5.41, 5.74) is 3.81. The number of nitrogens with zero attached hydrogens (tertiary/aromatic N) is 1. The van der Waals surface area contributed by atoms with Crippen LogP contribution in [0.4, 0.5) is 10.5 Å². The summed E-state index contributed by atoms with van der Waals surface area (Å²) in [5, 5.41) is 3.75. The number of anilines is 1. The number of carbonyl (C=O) groups excluding carboxylic acids is 1. The van der Waals surface area contributed by atoms with Crippen molar-refractivity contribution in [3.8, 4) is 0 Å². The number of hydrogen-bond donors (Lipinski definition) is 1. The summed E-state index contributed by atoms with van der Waals surface area (Å²) < 4.78 is 5.47. The minimum atomic E-state index is -0.199. The third-order valence-corrected chi connectivity index (χ3v) is 5.47. The van der Waals surface area contributed by atoms with Crippen molar-refractivity contribution < 1.29 is 9.53 Å². The first-order valence-corrected chi connectivity index (χ1v) is 9.06. The molecule has 1 N–H and O–H groups in total. The first-order chi connectivity index (χ1) is 12.2. The quantitative estimate of drug-likeness (QED) is 0.893. The van der Waals surface area contributed by atoms with Crippen molar-refractivity contribution in [2.75, 3.05) is 18.4 Å². The second-order valence-corrected chi connectivity index (χ2v) is 7.09. The molecule has 0 atom stereocenters. The Bertz CT molecular complexity index is 737. The second-order valence-electron chi connectivity index (χ2n) is 7.09. The molecule has 4 rings (SSSR count). The van der Waals surface area contributed by atoms with Crippen LogP contribution in [-0.2, 0) is 17.8 Å². The van der Waals surface area contributed by atoms with E-state index in [4.69, 9.17) is 4.74 Å². The average molecular weight is 336 g/mol. The van der Waals surface area contributed by atoms with Crippen LogP contribution >= 0.6 is 0 Å². The largest absolute Gasteiger partial charge is 0.445 e. The molecule has 0 bridgehead atoms. The summed E-state index contributed by atoms with van der Waals surface area (Å²) in [6.45, 7) is 1.85. The van der Waals surface area contributed by atoms with Gasteiger partial charge in [0.25, 0.3) is 0 Å². The fraction of sp³-hybridized carbons (Fsp3) is 0.381. The Labute approximate surface area is 148 Å². The maximum absolute atomic E-state index is 12.3. The molecule has 4 heteroatoms. The van der Waals surface area contributed by atoms with E-state index in [1.54, 1.807) is 0 Å². The normalized spacial score (nSPS) is 18.3. The first kappa shape index (κ1) is 16.0. The molecule has 25 heavy (non-hydrogen) atoms. The Balaban J connectivity index is 1.32. The number of piperidine rings is 1. The summed E-state index contributed by atoms with van der Waals surface area (Å²) >= 11 is 0. The standard InChI is InChI=1S/C21H24N2O2/c24-20(25-16-17-6-2-1-3-7-17)23-14-12-21(13-15-23)11-10-18-8-4-5-9-19(18)22-21/h1-9,22H,10-16H2. The van der Waals surface area contributed by atoms with Crippen LogP contribution in [0.3, 0.4) is 0 Å². The van der Waals surface area contributed by atoms with Crippen LogP contribution < -0.4 is 5.32 Å². The predicted octanol–water partition coefficient (Wildman–Crippen LogP) is 4.22. The van der Waals surface area contributed by atoms with Gasteiger partial charge in [-0.25, -0.2) is 4.79 Å². The Morgan fingerprint density at radius 2 is 1.72 bits per heavy atom. The van der Waals surface area contributed by atoms with Crippen LogP contribution in [0.5, 0.6) is 0 Å². The number of para-hydroxylation sites is 1. The molecular formula is C21H24N2O2. The third-order valence-electron chi connectivity index (χ3n) is 5.47. The number of ether oxygens (including phenoxy) is 1. The summed E-state index contributed by atoms with van der Waals surface area (Å²) in [4.78, 5) is 14.2. The molecule has 0 radical (unpaired) electrons. The number of benzene rings is 2. The summed E-state index contributed by atoms with van der Waals surface area (Å²) in [6, 6.07) is 18.4. The van der Waals surface area contributed by atoms with Gasteiger partial charge in [0.05, 0.1) is 0 Å². The summed E-state index contributed by atoms with van der Waals surface area (Å²) in [6.07, 6.45) is 4.00. The van der Waals surface area contributed by atoms with Crippen molar-refractivity contribution in [1.82, 2.24) is 4.90 Å².